The highest BCUT2D eigenvalue weighted by atomic mass is 31.2. The molecule has 20 heavy (non-hydrogen) atoms. The Kier molecular flexibility index (Phi) is 4.04. The highest BCUT2D eigenvalue weighted by Crippen LogP contribution is 2.39. The van der Waals surface area contributed by atoms with E-state index in [-0.39, 0.29) is 17.1 Å². The molecule has 0 aliphatic carbocycles. The number of hydrogen-bond acceptors (Lipinski definition) is 5. The summed E-state index contributed by atoms with van der Waals surface area (Å²) in [5.41, 5.74) is 0.325. The molecule has 0 spiro atoms. The zero-order chi connectivity index (χ0) is 14.9. The van der Waals surface area contributed by atoms with Gasteiger partial charge in [0.1, 0.15) is 11.1 Å². The van der Waals surface area contributed by atoms with Gasteiger partial charge in [0.25, 0.3) is 6.01 Å². The van der Waals surface area contributed by atoms with Crippen molar-refractivity contribution >= 4 is 18.9 Å². The first-order valence-corrected chi connectivity index (χ1v) is 7.75. The quantitative estimate of drug-likeness (QED) is 0.724. The SMILES string of the molecule is CNc1nc(-c2occc2P(=O)(O)O)c(CC(C)C)o1. The van der Waals surface area contributed by atoms with Crippen LogP contribution in [0.5, 0.6) is 0 Å². The largest absolute Gasteiger partial charge is 0.462 e. The minimum absolute atomic E-state index is 0.0548. The van der Waals surface area contributed by atoms with E-state index in [0.29, 0.717) is 23.8 Å². The molecule has 3 N–H and O–H groups in total. The number of nitrogens with zero attached hydrogens (tertiary/aromatic N) is 1. The lowest BCUT2D eigenvalue weighted by atomic mass is 10.1. The standard InChI is InChI=1S/C12H17N2O5P/c1-7(2)6-8-10(14-12(13-3)19-8)11-9(4-5-18-11)20(15,16)17/h4-5,7H,6H2,1-3H3,(H,13,14)(H2,15,16,17). The van der Waals surface area contributed by atoms with E-state index in [2.05, 4.69) is 10.3 Å². The normalized spacial score (nSPS) is 12.1. The summed E-state index contributed by atoms with van der Waals surface area (Å²) < 4.78 is 22.2. The maximum Gasteiger partial charge on any atom is 0.360 e. The van der Waals surface area contributed by atoms with E-state index in [4.69, 9.17) is 8.83 Å². The third-order valence-electron chi connectivity index (χ3n) is 2.68. The van der Waals surface area contributed by atoms with E-state index >= 15 is 0 Å². The highest BCUT2D eigenvalue weighted by Gasteiger charge is 2.29. The van der Waals surface area contributed by atoms with E-state index in [0.717, 1.165) is 0 Å². The molecule has 0 aliphatic rings. The van der Waals surface area contributed by atoms with Crippen LogP contribution in [-0.4, -0.2) is 21.8 Å². The van der Waals surface area contributed by atoms with Crippen molar-refractivity contribution in [3.05, 3.63) is 18.1 Å². The molecule has 0 amide bonds. The van der Waals surface area contributed by atoms with Crippen LogP contribution in [0.1, 0.15) is 19.6 Å². The van der Waals surface area contributed by atoms with Crippen LogP contribution in [0.25, 0.3) is 11.5 Å². The van der Waals surface area contributed by atoms with Gasteiger partial charge in [0, 0.05) is 13.5 Å². The van der Waals surface area contributed by atoms with Crippen molar-refractivity contribution in [1.29, 1.82) is 0 Å². The van der Waals surface area contributed by atoms with Gasteiger partial charge in [-0.05, 0) is 12.0 Å². The fraction of sp³-hybridized carbons (Fsp3) is 0.417. The Balaban J connectivity index is 2.55. The molecule has 0 bridgehead atoms. The van der Waals surface area contributed by atoms with Crippen LogP contribution in [-0.2, 0) is 11.0 Å². The predicted molar refractivity (Wildman–Crippen MR) is 74.0 cm³/mol. The molecule has 0 saturated carbocycles. The van der Waals surface area contributed by atoms with Crippen molar-refractivity contribution in [2.45, 2.75) is 20.3 Å². The maximum absolute atomic E-state index is 11.5. The van der Waals surface area contributed by atoms with E-state index in [9.17, 15) is 14.4 Å². The Labute approximate surface area is 116 Å². The lowest BCUT2D eigenvalue weighted by Gasteiger charge is -2.05. The Morgan fingerprint density at radius 1 is 1.45 bits per heavy atom. The smallest absolute Gasteiger partial charge is 0.360 e. The summed E-state index contributed by atoms with van der Waals surface area (Å²) in [6, 6.07) is 1.53. The van der Waals surface area contributed by atoms with Crippen LogP contribution < -0.4 is 10.6 Å². The molecule has 0 unspecified atom stereocenters. The summed E-state index contributed by atoms with van der Waals surface area (Å²) >= 11 is 0. The number of hydrogen-bond donors (Lipinski definition) is 3. The van der Waals surface area contributed by atoms with Crippen LogP contribution in [0.3, 0.4) is 0 Å². The number of oxazole rings is 1. The first kappa shape index (κ1) is 14.8. The van der Waals surface area contributed by atoms with Crippen molar-refractivity contribution in [1.82, 2.24) is 4.98 Å². The van der Waals surface area contributed by atoms with Crippen molar-refractivity contribution in [3.63, 3.8) is 0 Å². The molecular weight excluding hydrogens is 283 g/mol. The van der Waals surface area contributed by atoms with Crippen molar-refractivity contribution < 1.29 is 23.2 Å². The summed E-state index contributed by atoms with van der Waals surface area (Å²) in [7, 11) is -2.77. The lowest BCUT2D eigenvalue weighted by molar-refractivity contribution is 0.387. The van der Waals surface area contributed by atoms with Gasteiger partial charge < -0.3 is 23.9 Å². The molecule has 0 aromatic carbocycles. The molecule has 0 fully saturated rings. The number of nitrogens with one attached hydrogen (secondary N) is 1. The van der Waals surface area contributed by atoms with Gasteiger partial charge in [0.2, 0.25) is 0 Å². The predicted octanol–water partition coefficient (Wildman–Crippen LogP) is 1.98. The molecule has 0 aliphatic heterocycles. The Morgan fingerprint density at radius 3 is 2.70 bits per heavy atom. The average Bonchev–Trinajstić information content (AvgIpc) is 2.92. The van der Waals surface area contributed by atoms with Gasteiger partial charge >= 0.3 is 7.60 Å². The number of furan rings is 1. The molecule has 2 aromatic heterocycles. The third-order valence-corrected chi connectivity index (χ3v) is 3.66. The summed E-state index contributed by atoms with van der Waals surface area (Å²) in [4.78, 5) is 22.9. The van der Waals surface area contributed by atoms with E-state index in [1.807, 2.05) is 13.8 Å². The van der Waals surface area contributed by atoms with Crippen molar-refractivity contribution in [3.8, 4) is 11.5 Å². The zero-order valence-electron chi connectivity index (χ0n) is 11.5. The monoisotopic (exact) mass is 300 g/mol. The van der Waals surface area contributed by atoms with Crippen molar-refractivity contribution in [2.75, 3.05) is 12.4 Å². The second kappa shape index (κ2) is 5.44. The summed E-state index contributed by atoms with van der Waals surface area (Å²) in [6.45, 7) is 4.02. The van der Waals surface area contributed by atoms with Crippen LogP contribution in [0.15, 0.2) is 21.2 Å². The number of rotatable bonds is 5. The molecule has 110 valence electrons. The van der Waals surface area contributed by atoms with E-state index in [1.54, 1.807) is 7.05 Å². The number of anilines is 1. The van der Waals surface area contributed by atoms with E-state index < -0.39 is 7.60 Å². The molecule has 0 saturated heterocycles. The van der Waals surface area contributed by atoms with Crippen LogP contribution in [0, 0.1) is 5.92 Å². The maximum atomic E-state index is 11.5. The minimum Gasteiger partial charge on any atom is -0.462 e. The Hall–Kier alpha value is -1.56. The molecule has 0 radical (unpaired) electrons. The molecule has 2 rings (SSSR count). The van der Waals surface area contributed by atoms with Crippen molar-refractivity contribution in [2.24, 2.45) is 5.92 Å². The van der Waals surface area contributed by atoms with Gasteiger partial charge in [-0.15, -0.1) is 0 Å². The Morgan fingerprint density at radius 2 is 2.15 bits per heavy atom. The third kappa shape index (κ3) is 2.95. The molecule has 7 nitrogen and oxygen atoms in total. The van der Waals surface area contributed by atoms with Gasteiger partial charge in [0.05, 0.1) is 6.26 Å². The van der Waals surface area contributed by atoms with Gasteiger partial charge in [-0.25, -0.2) is 0 Å². The van der Waals surface area contributed by atoms with Crippen LogP contribution in [0.2, 0.25) is 0 Å². The highest BCUT2D eigenvalue weighted by molar-refractivity contribution is 7.60. The number of aromatic nitrogens is 1. The van der Waals surface area contributed by atoms with Gasteiger partial charge in [0.15, 0.2) is 11.5 Å². The van der Waals surface area contributed by atoms with E-state index in [1.165, 1.54) is 12.3 Å². The summed E-state index contributed by atoms with van der Waals surface area (Å²) in [6.07, 6.45) is 1.82. The molecule has 0 atom stereocenters. The second-order valence-corrected chi connectivity index (χ2v) is 6.39. The van der Waals surface area contributed by atoms with Crippen LogP contribution in [0.4, 0.5) is 6.01 Å². The summed E-state index contributed by atoms with van der Waals surface area (Å²) in [5.74, 6) is 0.896. The molecule has 2 aromatic rings. The fourth-order valence-electron chi connectivity index (χ4n) is 1.85. The minimum atomic E-state index is -4.42. The zero-order valence-corrected chi connectivity index (χ0v) is 12.3. The molecule has 8 heteroatoms. The van der Waals surface area contributed by atoms with Gasteiger partial charge in [-0.1, -0.05) is 13.8 Å². The topological polar surface area (TPSA) is 109 Å². The lowest BCUT2D eigenvalue weighted by Crippen LogP contribution is -2.05. The second-order valence-electron chi connectivity index (χ2n) is 4.82. The average molecular weight is 300 g/mol. The molecule has 2 heterocycles. The first-order chi connectivity index (χ1) is 9.32. The summed E-state index contributed by atoms with van der Waals surface area (Å²) in [5, 5.41) is 2.59. The van der Waals surface area contributed by atoms with Gasteiger partial charge in [-0.2, -0.15) is 4.98 Å². The molecular formula is C12H17N2O5P. The van der Waals surface area contributed by atoms with Crippen LogP contribution >= 0.6 is 7.60 Å². The van der Waals surface area contributed by atoms with Gasteiger partial charge in [-0.3, -0.25) is 4.57 Å². The Bertz CT molecular complexity index is 640. The fourth-order valence-corrected chi connectivity index (χ4v) is 2.53. The first-order valence-electron chi connectivity index (χ1n) is 6.14.